The lowest BCUT2D eigenvalue weighted by Gasteiger charge is -2.31. The number of carbonyl (C=O) groups is 1. The van der Waals surface area contributed by atoms with Gasteiger partial charge in [-0.1, -0.05) is 84.0 Å². The fraction of sp³-hybridized carbons (Fsp3) is 0.955. The van der Waals surface area contributed by atoms with Crippen molar-refractivity contribution in [2.24, 2.45) is 5.92 Å². The molecule has 0 aromatic heterocycles. The molecule has 180 valence electrons. The Morgan fingerprint density at radius 1 is 0.633 bits per heavy atom. The number of aliphatic carboxylic acids is 1. The first-order valence-electron chi connectivity index (χ1n) is 11.5. The van der Waals surface area contributed by atoms with Crippen LogP contribution in [0.25, 0.3) is 0 Å². The summed E-state index contributed by atoms with van der Waals surface area (Å²) in [4.78, 5) is 11.5. The van der Waals surface area contributed by atoms with E-state index in [9.17, 15) is 35.4 Å². The smallest absolute Gasteiger partial charge is 0.309 e. The fourth-order valence-corrected chi connectivity index (χ4v) is 3.62. The Bertz CT molecular complexity index is 420. The SMILES string of the molecule is CCCCCCCCCCCCCCC(C(=O)O)C(O)[C@@H](O)[C@@H](O)[C@H](O)[C@@H](O)CO. The zero-order chi connectivity index (χ0) is 22.9. The van der Waals surface area contributed by atoms with Gasteiger partial charge in [-0.3, -0.25) is 4.79 Å². The number of aliphatic hydroxyl groups excluding tert-OH is 6. The van der Waals surface area contributed by atoms with Crippen LogP contribution in [0.4, 0.5) is 0 Å². The first-order valence-corrected chi connectivity index (χ1v) is 11.5. The highest BCUT2D eigenvalue weighted by molar-refractivity contribution is 5.70. The van der Waals surface area contributed by atoms with E-state index in [2.05, 4.69) is 6.92 Å². The zero-order valence-corrected chi connectivity index (χ0v) is 18.4. The van der Waals surface area contributed by atoms with Crippen LogP contribution in [-0.4, -0.2) is 78.8 Å². The van der Waals surface area contributed by atoms with Crippen LogP contribution < -0.4 is 0 Å². The van der Waals surface area contributed by atoms with Crippen LogP contribution >= 0.6 is 0 Å². The standard InChI is InChI=1S/C22H44O8/c1-2-3-4-5-6-7-8-9-10-11-12-13-14-16(22(29)30)18(25)20(27)21(28)19(26)17(24)15-23/h16-21,23-28H,2-15H2,1H3,(H,29,30)/t16?,17-,18?,19+,20+,21-/m0/s1. The maximum atomic E-state index is 11.5. The highest BCUT2D eigenvalue weighted by Crippen LogP contribution is 2.21. The van der Waals surface area contributed by atoms with Gasteiger partial charge in [-0.15, -0.1) is 0 Å². The molecule has 0 aromatic rings. The molecular formula is C22H44O8. The van der Waals surface area contributed by atoms with Crippen LogP contribution in [0.3, 0.4) is 0 Å². The summed E-state index contributed by atoms with van der Waals surface area (Å²) in [7, 11) is 0. The molecule has 0 spiro atoms. The Morgan fingerprint density at radius 2 is 1.03 bits per heavy atom. The number of rotatable bonds is 20. The summed E-state index contributed by atoms with van der Waals surface area (Å²) in [5.74, 6) is -2.59. The minimum atomic E-state index is -1.98. The van der Waals surface area contributed by atoms with Crippen molar-refractivity contribution < 1.29 is 40.5 Å². The Morgan fingerprint density at radius 3 is 1.43 bits per heavy atom. The molecule has 0 amide bonds. The van der Waals surface area contributed by atoms with Gasteiger partial charge in [-0.25, -0.2) is 0 Å². The summed E-state index contributed by atoms with van der Waals surface area (Å²) < 4.78 is 0. The Hall–Kier alpha value is -0.770. The quantitative estimate of drug-likeness (QED) is 0.142. The summed E-state index contributed by atoms with van der Waals surface area (Å²) >= 11 is 0. The average molecular weight is 437 g/mol. The minimum Gasteiger partial charge on any atom is -0.481 e. The molecule has 6 atom stereocenters. The third-order valence-corrected chi connectivity index (χ3v) is 5.73. The number of aliphatic hydroxyl groups is 6. The summed E-state index contributed by atoms with van der Waals surface area (Å²) in [6, 6.07) is 0. The topological polar surface area (TPSA) is 159 Å². The van der Waals surface area contributed by atoms with E-state index in [0.717, 1.165) is 25.7 Å². The number of hydrogen-bond acceptors (Lipinski definition) is 7. The van der Waals surface area contributed by atoms with Crippen LogP contribution in [-0.2, 0) is 4.79 Å². The highest BCUT2D eigenvalue weighted by Gasteiger charge is 2.39. The summed E-state index contributed by atoms with van der Waals surface area (Å²) in [5, 5.41) is 67.1. The summed E-state index contributed by atoms with van der Waals surface area (Å²) in [5.41, 5.74) is 0. The van der Waals surface area contributed by atoms with E-state index in [1.165, 1.54) is 44.9 Å². The molecule has 0 heterocycles. The molecule has 8 nitrogen and oxygen atoms in total. The van der Waals surface area contributed by atoms with Gasteiger partial charge < -0.3 is 35.7 Å². The molecule has 0 rings (SSSR count). The van der Waals surface area contributed by atoms with Crippen molar-refractivity contribution in [3.05, 3.63) is 0 Å². The lowest BCUT2D eigenvalue weighted by Crippen LogP contribution is -2.52. The molecule has 0 saturated carbocycles. The van der Waals surface area contributed by atoms with Gasteiger partial charge in [0.25, 0.3) is 0 Å². The van der Waals surface area contributed by atoms with Gasteiger partial charge in [0, 0.05) is 0 Å². The molecule has 2 unspecified atom stereocenters. The van der Waals surface area contributed by atoms with Crippen molar-refractivity contribution >= 4 is 5.97 Å². The van der Waals surface area contributed by atoms with E-state index in [-0.39, 0.29) is 6.42 Å². The second-order valence-electron chi connectivity index (χ2n) is 8.33. The number of unbranched alkanes of at least 4 members (excludes halogenated alkanes) is 11. The predicted molar refractivity (Wildman–Crippen MR) is 114 cm³/mol. The van der Waals surface area contributed by atoms with Gasteiger partial charge in [0.15, 0.2) is 0 Å². The van der Waals surface area contributed by atoms with Crippen LogP contribution in [0.5, 0.6) is 0 Å². The van der Waals surface area contributed by atoms with Gasteiger partial charge in [0.1, 0.15) is 24.4 Å². The van der Waals surface area contributed by atoms with Crippen molar-refractivity contribution in [2.75, 3.05) is 6.61 Å². The monoisotopic (exact) mass is 436 g/mol. The van der Waals surface area contributed by atoms with E-state index in [0.29, 0.717) is 6.42 Å². The van der Waals surface area contributed by atoms with E-state index < -0.39 is 49.0 Å². The van der Waals surface area contributed by atoms with E-state index in [4.69, 9.17) is 5.11 Å². The van der Waals surface area contributed by atoms with Gasteiger partial charge in [0.05, 0.1) is 18.6 Å². The lowest BCUT2D eigenvalue weighted by atomic mass is 9.88. The molecule has 0 fully saturated rings. The van der Waals surface area contributed by atoms with Crippen molar-refractivity contribution in [1.82, 2.24) is 0 Å². The van der Waals surface area contributed by atoms with Gasteiger partial charge in [-0.05, 0) is 6.42 Å². The first kappa shape index (κ1) is 29.2. The third kappa shape index (κ3) is 12.2. The molecule has 0 aliphatic carbocycles. The normalized spacial score (nSPS) is 17.8. The molecule has 0 saturated heterocycles. The molecule has 0 bridgehead atoms. The maximum Gasteiger partial charge on any atom is 0.309 e. The second kappa shape index (κ2) is 17.9. The molecule has 0 aliphatic rings. The molecule has 0 radical (unpaired) electrons. The van der Waals surface area contributed by atoms with Crippen LogP contribution in [0.15, 0.2) is 0 Å². The van der Waals surface area contributed by atoms with Crippen LogP contribution in [0.2, 0.25) is 0 Å². The zero-order valence-electron chi connectivity index (χ0n) is 18.4. The first-order chi connectivity index (χ1) is 14.3. The highest BCUT2D eigenvalue weighted by atomic mass is 16.4. The van der Waals surface area contributed by atoms with Crippen LogP contribution in [0, 0.1) is 5.92 Å². The largest absolute Gasteiger partial charge is 0.481 e. The van der Waals surface area contributed by atoms with Gasteiger partial charge >= 0.3 is 5.97 Å². The summed E-state index contributed by atoms with van der Waals surface area (Å²) in [6.07, 6.45) is 4.35. The Kier molecular flexibility index (Phi) is 17.4. The number of hydrogen-bond donors (Lipinski definition) is 7. The van der Waals surface area contributed by atoms with Crippen molar-refractivity contribution in [3.63, 3.8) is 0 Å². The molecule has 0 aromatic carbocycles. The Balaban J connectivity index is 4.11. The number of carboxylic acid groups (broad SMARTS) is 1. The second-order valence-corrected chi connectivity index (χ2v) is 8.33. The van der Waals surface area contributed by atoms with E-state index >= 15 is 0 Å². The summed E-state index contributed by atoms with van der Waals surface area (Å²) in [6.45, 7) is 1.36. The van der Waals surface area contributed by atoms with Crippen molar-refractivity contribution in [1.29, 1.82) is 0 Å². The van der Waals surface area contributed by atoms with Crippen LogP contribution in [0.1, 0.15) is 90.4 Å². The molecule has 8 heteroatoms. The van der Waals surface area contributed by atoms with Gasteiger partial charge in [0.2, 0.25) is 0 Å². The number of carboxylic acids is 1. The average Bonchev–Trinajstić information content (AvgIpc) is 2.74. The maximum absolute atomic E-state index is 11.5. The third-order valence-electron chi connectivity index (χ3n) is 5.73. The molecule has 30 heavy (non-hydrogen) atoms. The minimum absolute atomic E-state index is 0.135. The van der Waals surface area contributed by atoms with Crippen molar-refractivity contribution in [3.8, 4) is 0 Å². The Labute approximate surface area is 180 Å². The van der Waals surface area contributed by atoms with Gasteiger partial charge in [-0.2, -0.15) is 0 Å². The molecular weight excluding hydrogens is 392 g/mol. The fourth-order valence-electron chi connectivity index (χ4n) is 3.62. The van der Waals surface area contributed by atoms with Crippen molar-refractivity contribution in [2.45, 2.75) is 121 Å². The van der Waals surface area contributed by atoms with E-state index in [1.807, 2.05) is 0 Å². The molecule has 7 N–H and O–H groups in total. The predicted octanol–water partition coefficient (Wildman–Crippen LogP) is 1.58. The molecule has 0 aliphatic heterocycles. The van der Waals surface area contributed by atoms with E-state index in [1.54, 1.807) is 0 Å². The lowest BCUT2D eigenvalue weighted by molar-refractivity contribution is -0.165.